The van der Waals surface area contributed by atoms with Gasteiger partial charge in [0.15, 0.2) is 5.65 Å². The normalized spacial score (nSPS) is 10.6. The van der Waals surface area contributed by atoms with Crippen molar-refractivity contribution in [1.29, 1.82) is 0 Å². The number of aryl methyl sites for hydroxylation is 1. The topological polar surface area (TPSA) is 57.0 Å². The summed E-state index contributed by atoms with van der Waals surface area (Å²) in [4.78, 5) is 19.7. The third-order valence-corrected chi connectivity index (χ3v) is 2.46. The molecule has 2 aromatic heterocycles. The quantitative estimate of drug-likeness (QED) is 0.738. The Kier molecular flexibility index (Phi) is 3.69. The molecule has 0 aliphatic heterocycles. The van der Waals surface area contributed by atoms with Gasteiger partial charge in [0.1, 0.15) is 5.52 Å². The standard InChI is InChI=1S/C12H15N3O2/c1-2-17-11(16)6-4-8-15-9-14-10-5-3-7-13-12(10)15/h3,5,7,9H,2,4,6,8H2,1H3. The summed E-state index contributed by atoms with van der Waals surface area (Å²) in [5.41, 5.74) is 1.74. The first kappa shape index (κ1) is 11.6. The Morgan fingerprint density at radius 2 is 2.35 bits per heavy atom. The van der Waals surface area contributed by atoms with Gasteiger partial charge in [-0.25, -0.2) is 9.97 Å². The van der Waals surface area contributed by atoms with Crippen LogP contribution in [0, 0.1) is 0 Å². The van der Waals surface area contributed by atoms with Crippen molar-refractivity contribution >= 4 is 17.1 Å². The highest BCUT2D eigenvalue weighted by Gasteiger charge is 2.05. The van der Waals surface area contributed by atoms with Gasteiger partial charge in [-0.05, 0) is 25.5 Å². The number of carbonyl (C=O) groups is 1. The summed E-state index contributed by atoms with van der Waals surface area (Å²) < 4.78 is 6.82. The lowest BCUT2D eigenvalue weighted by Crippen LogP contribution is -2.06. The number of ether oxygens (including phenoxy) is 1. The summed E-state index contributed by atoms with van der Waals surface area (Å²) in [6.45, 7) is 2.98. The number of hydrogen-bond acceptors (Lipinski definition) is 4. The Balaban J connectivity index is 1.93. The summed E-state index contributed by atoms with van der Waals surface area (Å²) in [6, 6.07) is 3.78. The van der Waals surface area contributed by atoms with Crippen LogP contribution in [0.5, 0.6) is 0 Å². The van der Waals surface area contributed by atoms with Gasteiger partial charge in [-0.3, -0.25) is 4.79 Å². The van der Waals surface area contributed by atoms with Crippen molar-refractivity contribution in [2.45, 2.75) is 26.3 Å². The van der Waals surface area contributed by atoms with Crippen molar-refractivity contribution in [3.8, 4) is 0 Å². The number of rotatable bonds is 5. The van der Waals surface area contributed by atoms with E-state index in [1.54, 1.807) is 12.5 Å². The Labute approximate surface area is 99.4 Å². The van der Waals surface area contributed by atoms with Crippen LogP contribution in [0.1, 0.15) is 19.8 Å². The van der Waals surface area contributed by atoms with Crippen molar-refractivity contribution in [2.24, 2.45) is 0 Å². The number of esters is 1. The van der Waals surface area contributed by atoms with Gasteiger partial charge in [0.05, 0.1) is 12.9 Å². The summed E-state index contributed by atoms with van der Waals surface area (Å²) in [5.74, 6) is -0.148. The molecule has 2 heterocycles. The molecule has 2 rings (SSSR count). The molecule has 0 aliphatic carbocycles. The van der Waals surface area contributed by atoms with Crippen molar-refractivity contribution < 1.29 is 9.53 Å². The third-order valence-electron chi connectivity index (χ3n) is 2.46. The molecule has 5 nitrogen and oxygen atoms in total. The molecule has 0 fully saturated rings. The molecule has 0 radical (unpaired) electrons. The maximum atomic E-state index is 11.2. The molecule has 17 heavy (non-hydrogen) atoms. The molecule has 0 unspecified atom stereocenters. The van der Waals surface area contributed by atoms with Gasteiger partial charge in [0, 0.05) is 19.2 Å². The van der Waals surface area contributed by atoms with Crippen molar-refractivity contribution in [2.75, 3.05) is 6.61 Å². The van der Waals surface area contributed by atoms with E-state index in [4.69, 9.17) is 4.74 Å². The fourth-order valence-electron chi connectivity index (χ4n) is 1.69. The molecule has 0 N–H and O–H groups in total. The highest BCUT2D eigenvalue weighted by Crippen LogP contribution is 2.09. The van der Waals surface area contributed by atoms with Crippen LogP contribution in [0.4, 0.5) is 0 Å². The van der Waals surface area contributed by atoms with E-state index in [1.807, 2.05) is 23.6 Å². The average Bonchev–Trinajstić information content (AvgIpc) is 2.73. The Hall–Kier alpha value is -1.91. The number of carbonyl (C=O) groups excluding carboxylic acids is 1. The molecular weight excluding hydrogens is 218 g/mol. The van der Waals surface area contributed by atoms with Gasteiger partial charge in [0.25, 0.3) is 0 Å². The van der Waals surface area contributed by atoms with Crippen molar-refractivity contribution in [1.82, 2.24) is 14.5 Å². The highest BCUT2D eigenvalue weighted by atomic mass is 16.5. The van der Waals surface area contributed by atoms with Crippen LogP contribution in [0.25, 0.3) is 11.2 Å². The van der Waals surface area contributed by atoms with E-state index in [2.05, 4.69) is 9.97 Å². The molecule has 90 valence electrons. The molecule has 0 spiro atoms. The van der Waals surface area contributed by atoms with E-state index >= 15 is 0 Å². The minimum Gasteiger partial charge on any atom is -0.466 e. The Bertz CT molecular complexity index is 507. The van der Waals surface area contributed by atoms with E-state index in [0.717, 1.165) is 24.1 Å². The predicted octanol–water partition coefficient (Wildman–Crippen LogP) is 1.77. The fourth-order valence-corrected chi connectivity index (χ4v) is 1.69. The molecule has 0 saturated heterocycles. The SMILES string of the molecule is CCOC(=O)CCCn1cnc2cccnc21. The second kappa shape index (κ2) is 5.43. The smallest absolute Gasteiger partial charge is 0.305 e. The number of aromatic nitrogens is 3. The molecule has 0 saturated carbocycles. The maximum absolute atomic E-state index is 11.2. The zero-order valence-corrected chi connectivity index (χ0v) is 9.80. The van der Waals surface area contributed by atoms with Crippen molar-refractivity contribution in [3.05, 3.63) is 24.7 Å². The molecular formula is C12H15N3O2. The lowest BCUT2D eigenvalue weighted by Gasteiger charge is -2.03. The van der Waals surface area contributed by atoms with Gasteiger partial charge in [0.2, 0.25) is 0 Å². The number of nitrogens with zero attached hydrogens (tertiary/aromatic N) is 3. The second-order valence-electron chi connectivity index (χ2n) is 3.69. The number of hydrogen-bond donors (Lipinski definition) is 0. The monoisotopic (exact) mass is 233 g/mol. The van der Waals surface area contributed by atoms with Crippen LogP contribution in [0.15, 0.2) is 24.7 Å². The molecule has 0 bridgehead atoms. The van der Waals surface area contributed by atoms with E-state index in [1.165, 1.54) is 0 Å². The first-order valence-electron chi connectivity index (χ1n) is 5.72. The first-order valence-corrected chi connectivity index (χ1v) is 5.72. The average molecular weight is 233 g/mol. The van der Waals surface area contributed by atoms with E-state index in [-0.39, 0.29) is 5.97 Å². The van der Waals surface area contributed by atoms with E-state index in [9.17, 15) is 4.79 Å². The number of fused-ring (bicyclic) bond motifs is 1. The number of pyridine rings is 1. The number of imidazole rings is 1. The van der Waals surface area contributed by atoms with Crippen LogP contribution in [-0.2, 0) is 16.1 Å². The second-order valence-corrected chi connectivity index (χ2v) is 3.69. The predicted molar refractivity (Wildman–Crippen MR) is 63.4 cm³/mol. The highest BCUT2D eigenvalue weighted by molar-refractivity contribution is 5.70. The van der Waals surface area contributed by atoms with Gasteiger partial charge in [-0.15, -0.1) is 0 Å². The van der Waals surface area contributed by atoms with E-state index in [0.29, 0.717) is 13.0 Å². The third kappa shape index (κ3) is 2.81. The molecule has 0 aliphatic rings. The van der Waals surface area contributed by atoms with Crippen LogP contribution in [0.2, 0.25) is 0 Å². The van der Waals surface area contributed by atoms with Gasteiger partial charge >= 0.3 is 5.97 Å². The minimum atomic E-state index is -0.148. The lowest BCUT2D eigenvalue weighted by molar-refractivity contribution is -0.143. The molecule has 0 atom stereocenters. The molecule has 0 aromatic carbocycles. The van der Waals surface area contributed by atoms with Crippen LogP contribution >= 0.6 is 0 Å². The maximum Gasteiger partial charge on any atom is 0.305 e. The lowest BCUT2D eigenvalue weighted by atomic mass is 10.3. The summed E-state index contributed by atoms with van der Waals surface area (Å²) in [5, 5.41) is 0. The molecule has 5 heteroatoms. The van der Waals surface area contributed by atoms with Crippen LogP contribution < -0.4 is 0 Å². The van der Waals surface area contributed by atoms with Crippen molar-refractivity contribution in [3.63, 3.8) is 0 Å². The van der Waals surface area contributed by atoms with Crippen LogP contribution in [0.3, 0.4) is 0 Å². The minimum absolute atomic E-state index is 0.148. The zero-order valence-electron chi connectivity index (χ0n) is 9.80. The molecule has 2 aromatic rings. The molecule has 0 amide bonds. The van der Waals surface area contributed by atoms with Gasteiger partial charge in [-0.1, -0.05) is 0 Å². The Morgan fingerprint density at radius 1 is 1.47 bits per heavy atom. The van der Waals surface area contributed by atoms with E-state index < -0.39 is 0 Å². The zero-order chi connectivity index (χ0) is 12.1. The summed E-state index contributed by atoms with van der Waals surface area (Å²) in [7, 11) is 0. The summed E-state index contributed by atoms with van der Waals surface area (Å²) in [6.07, 6.45) is 4.66. The van der Waals surface area contributed by atoms with Gasteiger partial charge < -0.3 is 9.30 Å². The van der Waals surface area contributed by atoms with Gasteiger partial charge in [-0.2, -0.15) is 0 Å². The fraction of sp³-hybridized carbons (Fsp3) is 0.417. The Morgan fingerprint density at radius 3 is 3.18 bits per heavy atom. The largest absolute Gasteiger partial charge is 0.466 e. The first-order chi connectivity index (χ1) is 8.31. The van der Waals surface area contributed by atoms with Crippen LogP contribution in [-0.4, -0.2) is 27.1 Å². The summed E-state index contributed by atoms with van der Waals surface area (Å²) >= 11 is 0.